The first kappa shape index (κ1) is 79.9. The van der Waals surface area contributed by atoms with Gasteiger partial charge < -0.3 is 65.5 Å². The van der Waals surface area contributed by atoms with Gasteiger partial charge in [0.1, 0.15) is 73.9 Å². The second-order valence-corrected chi connectivity index (χ2v) is 36.7. The zero-order valence-electron chi connectivity index (χ0n) is 55.0. The normalized spacial score (nSPS) is 29.2. The first-order chi connectivity index (χ1) is 47.7. The average molecular weight is 1610 g/mol. The van der Waals surface area contributed by atoms with Gasteiger partial charge in [0.05, 0.1) is 50.8 Å². The van der Waals surface area contributed by atoms with E-state index in [0.29, 0.717) is 0 Å². The van der Waals surface area contributed by atoms with E-state index in [2.05, 4.69) is 37.2 Å². The molecule has 0 amide bonds. The van der Waals surface area contributed by atoms with Gasteiger partial charge in [-0.25, -0.2) is 28.5 Å². The Kier molecular flexibility index (Phi) is 25.4. The first-order valence-electron chi connectivity index (χ1n) is 31.0. The third-order valence-corrected chi connectivity index (χ3v) is 24.0. The largest absolute Gasteiger partial charge is 0.698 e. The Bertz CT molecular complexity index is 4850. The number of H-pyrrole nitrogens is 5. The Hall–Kier alpha value is -4.69. The van der Waals surface area contributed by atoms with Crippen molar-refractivity contribution >= 4 is 82.9 Å². The van der Waals surface area contributed by atoms with Crippen LogP contribution in [0.5, 0.6) is 0 Å². The fourth-order valence-electron chi connectivity index (χ4n) is 11.4. The molecule has 8 N–H and O–H groups in total. The van der Waals surface area contributed by atoms with Crippen LogP contribution >= 0.6 is 47.5 Å². The van der Waals surface area contributed by atoms with Crippen LogP contribution in [0.2, 0.25) is 0 Å². The molecular weight excluding hydrogens is 1540 g/mol. The van der Waals surface area contributed by atoms with Gasteiger partial charge >= 0.3 is 63.7 Å². The van der Waals surface area contributed by atoms with Gasteiger partial charge in [0.15, 0.2) is 0 Å². The minimum atomic E-state index is -4.74. The Labute approximate surface area is 595 Å². The summed E-state index contributed by atoms with van der Waals surface area (Å²) in [6, 6.07) is 0. The van der Waals surface area contributed by atoms with Crippen LogP contribution in [-0.2, 0) is 113 Å². The number of aryl methyl sites for hydroxylation is 5. The topological polar surface area (TPSA) is 508 Å². The highest BCUT2D eigenvalue weighted by Crippen LogP contribution is 2.58. The molecule has 5 aliphatic rings. The molecule has 0 radical (unpaired) electrons. The van der Waals surface area contributed by atoms with Crippen molar-refractivity contribution in [2.75, 3.05) is 26.4 Å². The second-order valence-electron chi connectivity index (χ2n) is 24.5. The molecule has 20 atom stereocenters. The van der Waals surface area contributed by atoms with Crippen LogP contribution < -0.4 is 56.2 Å². The zero-order valence-corrected chi connectivity index (χ0v) is 62.8. The quantitative estimate of drug-likeness (QED) is 0.0242. The highest BCUT2D eigenvalue weighted by molar-refractivity contribution is 8.44. The Morgan fingerprint density at radius 3 is 1.03 bits per heavy atom. The maximum atomic E-state index is 14.5. The third-order valence-electron chi connectivity index (χ3n) is 16.5. The lowest BCUT2D eigenvalue weighted by Gasteiger charge is -2.28. The van der Waals surface area contributed by atoms with E-state index in [4.69, 9.17) is 104 Å². The predicted octanol–water partition coefficient (Wildman–Crippen LogP) is 1.50. The van der Waals surface area contributed by atoms with Gasteiger partial charge in [0, 0.05) is 95.5 Å². The van der Waals surface area contributed by atoms with Gasteiger partial charge in [-0.05, 0) is 90.8 Å². The molecule has 5 unspecified atom stereocenters. The fourth-order valence-corrected chi connectivity index (χ4v) is 18.2. The maximum absolute atomic E-state index is 14.5. The SMILES string of the molecule is Cc1cn([C@H]2C[C@H](OP(O)(=S)OC[C@H]3O[C@@H](n4cc(C)c(=O)[nH]c4=O)C[C@@H]3OP(=O)(S)OC[C@H]3O[C@@H](n4cc(C)c(=O)[nH]c4=O)C[C@@H]3OP(O)(=S)OC[C@H]3O[C@@H](n4cc(C)c(=O)[nH]c4=O)C[C@@H]3OP(O)(=S)OC[C@H]3O[C@@H](n4cc(C)c(=O)[nH]c4=O)C[C@@H]3O[P+](=O)OC(C)C)[C@@H](C)O2)c(=O)[nH]c1=O. The van der Waals surface area contributed by atoms with E-state index in [1.807, 2.05) is 0 Å². The summed E-state index contributed by atoms with van der Waals surface area (Å²) in [6.45, 7) is -9.15. The van der Waals surface area contributed by atoms with E-state index in [1.165, 1.54) is 65.6 Å². The lowest BCUT2D eigenvalue weighted by molar-refractivity contribution is -0.0557. The van der Waals surface area contributed by atoms with Crippen LogP contribution in [0.3, 0.4) is 0 Å². The van der Waals surface area contributed by atoms with E-state index in [-0.39, 0.29) is 59.9 Å². The number of nitrogens with one attached hydrogen (secondary N) is 5. The fraction of sp³-hybridized carbons (Fsp3) is 0.623. The molecule has 0 aromatic carbocycles. The predicted molar refractivity (Wildman–Crippen MR) is 367 cm³/mol. The molecule has 40 nitrogen and oxygen atoms in total. The number of aromatic amines is 5. The second kappa shape index (κ2) is 32.4. The molecule has 0 spiro atoms. The van der Waals surface area contributed by atoms with Crippen LogP contribution in [-0.4, -0.2) is 156 Å². The number of hydrogen-bond acceptors (Lipinski definition) is 30. The number of hydrogen-bond donors (Lipinski definition) is 9. The number of thiol groups is 1. The molecule has 0 aliphatic carbocycles. The summed E-state index contributed by atoms with van der Waals surface area (Å²) < 4.78 is 121. The molecular formula is C53H72N10O30P5S4+. The van der Waals surface area contributed by atoms with Crippen molar-refractivity contribution in [3.05, 3.63) is 163 Å². The minimum absolute atomic E-state index is 0.0373. The van der Waals surface area contributed by atoms with Crippen molar-refractivity contribution in [2.24, 2.45) is 0 Å². The van der Waals surface area contributed by atoms with Gasteiger partial charge in [-0.1, -0.05) is 12.2 Å². The summed E-state index contributed by atoms with van der Waals surface area (Å²) in [5.74, 6) is 0. The van der Waals surface area contributed by atoms with Crippen LogP contribution in [0.25, 0.3) is 0 Å². The minimum Gasteiger partial charge on any atom is -0.352 e. The molecule has 5 aliphatic heterocycles. The van der Waals surface area contributed by atoms with Gasteiger partial charge in [0.2, 0.25) is 0 Å². The third kappa shape index (κ3) is 19.7. The number of nitrogens with zero attached hydrogens (tertiary/aromatic N) is 5. The highest BCUT2D eigenvalue weighted by Gasteiger charge is 2.49. The zero-order chi connectivity index (χ0) is 74.4. The Morgan fingerprint density at radius 2 is 0.716 bits per heavy atom. The van der Waals surface area contributed by atoms with E-state index in [9.17, 15) is 71.8 Å². The molecule has 10 heterocycles. The van der Waals surface area contributed by atoms with Crippen molar-refractivity contribution in [3.8, 4) is 0 Å². The molecule has 49 heteroatoms. The van der Waals surface area contributed by atoms with Crippen LogP contribution in [0.4, 0.5) is 0 Å². The number of aromatic nitrogens is 10. The highest BCUT2D eigenvalue weighted by atomic mass is 32.7. The molecule has 5 saturated heterocycles. The monoisotopic (exact) mass is 1610 g/mol. The van der Waals surface area contributed by atoms with Crippen molar-refractivity contribution < 1.29 is 92.7 Å². The summed E-state index contributed by atoms with van der Waals surface area (Å²) in [6.07, 6.45) is -14.4. The summed E-state index contributed by atoms with van der Waals surface area (Å²) in [5.41, 5.74) is -7.18. The molecule has 5 fully saturated rings. The smallest absolute Gasteiger partial charge is 0.352 e. The summed E-state index contributed by atoms with van der Waals surface area (Å²) in [4.78, 5) is 173. The van der Waals surface area contributed by atoms with E-state index >= 15 is 0 Å². The summed E-state index contributed by atoms with van der Waals surface area (Å²) >= 11 is 20.6. The van der Waals surface area contributed by atoms with E-state index < -0.39 is 216 Å². The van der Waals surface area contributed by atoms with Gasteiger partial charge in [-0.15, -0.1) is 9.05 Å². The van der Waals surface area contributed by atoms with Crippen molar-refractivity contribution in [1.29, 1.82) is 0 Å². The van der Waals surface area contributed by atoms with Crippen LogP contribution in [0.1, 0.15) is 112 Å². The maximum Gasteiger partial charge on any atom is 0.698 e. The summed E-state index contributed by atoms with van der Waals surface area (Å²) in [5, 5.41) is 0. The van der Waals surface area contributed by atoms with E-state index in [0.717, 1.165) is 22.8 Å². The van der Waals surface area contributed by atoms with Crippen molar-refractivity contribution in [1.82, 2.24) is 47.8 Å². The molecule has 5 aromatic heterocycles. The standard InChI is InChI=1S/C53H71N10O30P5S4/c1-23(2)88-94(74)89-31-10-40(60-15-25(4)45(65)55-50(60)70)84-35(31)19-79-96(76,100)91-33-12-42(62-17-27(6)47(67)57-52(62)72)86-37(33)21-81-98(78,102)93-34-13-43(63-18-28(7)48(68)58-53(63)73)87-38(34)22-82-97(77,101)92-32-11-41(61-16-26(5)46(66)56-51(61)71)85-36(32)20-80-95(75,99)90-30-9-39(83-29(30)8)59-14-24(3)44(64)54-49(59)69/h14-18,23,29-43H,9-13,19-22H2,1-8H3,(H8-,54,55,56,57,58,64,65,66,67,68,69,70,71,72,73,75,76,77,78,99,100,101,102)/p+1/t29-,30+,31+,32+,33+,34+,35-,36-,37-,38-,39-,40-,41-,42-,43-,95?,96?,97?,98?/m1/s1. The lowest BCUT2D eigenvalue weighted by atomic mass is 10.2. The molecule has 5 aromatic rings. The van der Waals surface area contributed by atoms with Crippen LogP contribution in [0.15, 0.2) is 78.9 Å². The summed E-state index contributed by atoms with van der Waals surface area (Å²) in [7, 11) is -2.79. The van der Waals surface area contributed by atoms with E-state index in [1.54, 1.807) is 20.8 Å². The molecule has 0 bridgehead atoms. The molecule has 10 rings (SSSR count). The number of ether oxygens (including phenoxy) is 5. The Morgan fingerprint density at radius 1 is 0.461 bits per heavy atom. The average Bonchev–Trinajstić information content (AvgIpc) is 1.66. The van der Waals surface area contributed by atoms with Gasteiger partial charge in [0.25, 0.3) is 27.8 Å². The van der Waals surface area contributed by atoms with Gasteiger partial charge in [-0.2, -0.15) is 0 Å². The first-order valence-corrected chi connectivity index (χ1v) is 42.6. The lowest BCUT2D eigenvalue weighted by Crippen LogP contribution is -2.33. The number of rotatable bonds is 29. The molecule has 102 heavy (non-hydrogen) atoms. The molecule has 562 valence electrons. The van der Waals surface area contributed by atoms with Crippen LogP contribution in [0, 0.1) is 34.6 Å². The molecule has 0 saturated carbocycles. The van der Waals surface area contributed by atoms with Gasteiger partial charge in [-0.3, -0.25) is 80.8 Å². The van der Waals surface area contributed by atoms with Crippen molar-refractivity contribution in [3.63, 3.8) is 0 Å². The van der Waals surface area contributed by atoms with Crippen molar-refractivity contribution in [2.45, 2.75) is 186 Å². The Balaban J connectivity index is 0.844.